The molecule has 0 bridgehead atoms. The summed E-state index contributed by atoms with van der Waals surface area (Å²) in [6, 6.07) is 7.35. The van der Waals surface area contributed by atoms with E-state index in [0.717, 1.165) is 11.3 Å². The van der Waals surface area contributed by atoms with Crippen LogP contribution in [-0.4, -0.2) is 50.7 Å². The second-order valence-corrected chi connectivity index (χ2v) is 6.60. The topological polar surface area (TPSA) is 70.7 Å². The molecular formula is C17H25N3O3. The number of rotatable bonds is 6. The molecule has 126 valence electrons. The van der Waals surface area contributed by atoms with Gasteiger partial charge in [0.1, 0.15) is 0 Å². The highest BCUT2D eigenvalue weighted by atomic mass is 16.5. The van der Waals surface area contributed by atoms with E-state index in [9.17, 15) is 9.59 Å². The Kier molecular flexibility index (Phi) is 5.60. The first-order chi connectivity index (χ1) is 10.9. The number of aryl methyl sites for hydroxylation is 1. The molecule has 23 heavy (non-hydrogen) atoms. The fourth-order valence-electron chi connectivity index (χ4n) is 2.25. The van der Waals surface area contributed by atoms with Gasteiger partial charge in [-0.15, -0.1) is 0 Å². The Bertz CT molecular complexity index is 551. The summed E-state index contributed by atoms with van der Waals surface area (Å²) in [5.41, 5.74) is 1.87. The summed E-state index contributed by atoms with van der Waals surface area (Å²) in [6.07, 6.45) is 1.18. The highest BCUT2D eigenvalue weighted by Gasteiger charge is 2.33. The van der Waals surface area contributed by atoms with Gasteiger partial charge in [0.2, 0.25) is 5.91 Å². The van der Waals surface area contributed by atoms with Crippen LogP contribution in [0.1, 0.15) is 18.9 Å². The van der Waals surface area contributed by atoms with Crippen LogP contribution >= 0.6 is 0 Å². The molecule has 0 spiro atoms. The molecule has 2 rings (SSSR count). The van der Waals surface area contributed by atoms with Gasteiger partial charge in [-0.3, -0.25) is 4.79 Å². The third-order valence-electron chi connectivity index (χ3n) is 3.91. The molecule has 0 radical (unpaired) electrons. The van der Waals surface area contributed by atoms with E-state index in [1.165, 1.54) is 0 Å². The second-order valence-electron chi connectivity index (χ2n) is 6.60. The number of anilines is 1. The van der Waals surface area contributed by atoms with Crippen molar-refractivity contribution in [3.8, 4) is 0 Å². The molecule has 1 aromatic rings. The Hall–Kier alpha value is -2.08. The number of carbonyl (C=O) groups excluding carboxylic acids is 2. The minimum absolute atomic E-state index is 0.0557. The average molecular weight is 319 g/mol. The zero-order chi connectivity index (χ0) is 16.9. The maximum Gasteiger partial charge on any atom is 0.319 e. The van der Waals surface area contributed by atoms with Gasteiger partial charge in [-0.1, -0.05) is 19.1 Å². The summed E-state index contributed by atoms with van der Waals surface area (Å²) < 4.78 is 5.16. The van der Waals surface area contributed by atoms with Gasteiger partial charge in [-0.25, -0.2) is 4.79 Å². The largest absolute Gasteiger partial charge is 0.380 e. The highest BCUT2D eigenvalue weighted by molar-refractivity contribution is 5.89. The van der Waals surface area contributed by atoms with Crippen molar-refractivity contribution in [2.45, 2.75) is 19.8 Å². The standard InChI is InChI=1S/C17H25N3O3/c1-17(11-23-12-17)10-18-16(22)19-14-7-4-13(5-8-14)6-9-15(21)20(2)3/h4-5,7-8H,6,9-12H2,1-3H3,(H2,18,19,22). The fourth-order valence-corrected chi connectivity index (χ4v) is 2.25. The molecule has 1 aromatic carbocycles. The van der Waals surface area contributed by atoms with E-state index >= 15 is 0 Å². The quantitative estimate of drug-likeness (QED) is 0.841. The summed E-state index contributed by atoms with van der Waals surface area (Å²) in [4.78, 5) is 25.0. The number of hydrogen-bond donors (Lipinski definition) is 2. The van der Waals surface area contributed by atoms with Gasteiger partial charge in [0, 0.05) is 38.2 Å². The lowest BCUT2D eigenvalue weighted by Gasteiger charge is -2.37. The zero-order valence-electron chi connectivity index (χ0n) is 14.0. The number of amides is 3. The van der Waals surface area contributed by atoms with E-state index < -0.39 is 0 Å². The van der Waals surface area contributed by atoms with Crippen molar-refractivity contribution in [1.82, 2.24) is 10.2 Å². The molecule has 0 aliphatic carbocycles. The molecule has 6 heteroatoms. The molecule has 0 aromatic heterocycles. The first kappa shape index (κ1) is 17.3. The number of benzene rings is 1. The van der Waals surface area contributed by atoms with Gasteiger partial charge < -0.3 is 20.3 Å². The van der Waals surface area contributed by atoms with E-state index in [0.29, 0.717) is 32.6 Å². The number of urea groups is 1. The smallest absolute Gasteiger partial charge is 0.319 e. The molecule has 0 saturated carbocycles. The molecule has 1 aliphatic rings. The van der Waals surface area contributed by atoms with E-state index in [-0.39, 0.29) is 17.4 Å². The van der Waals surface area contributed by atoms with Crippen LogP contribution in [0.3, 0.4) is 0 Å². The van der Waals surface area contributed by atoms with Crippen molar-refractivity contribution in [2.24, 2.45) is 5.41 Å². The first-order valence-corrected chi connectivity index (χ1v) is 7.80. The monoisotopic (exact) mass is 319 g/mol. The van der Waals surface area contributed by atoms with E-state index in [1.807, 2.05) is 24.3 Å². The maximum absolute atomic E-state index is 11.9. The Morgan fingerprint density at radius 2 is 1.87 bits per heavy atom. The zero-order valence-corrected chi connectivity index (χ0v) is 14.0. The predicted molar refractivity (Wildman–Crippen MR) is 89.4 cm³/mol. The summed E-state index contributed by atoms with van der Waals surface area (Å²) in [7, 11) is 3.51. The van der Waals surface area contributed by atoms with Gasteiger partial charge in [0.15, 0.2) is 0 Å². The van der Waals surface area contributed by atoms with Gasteiger partial charge >= 0.3 is 6.03 Å². The van der Waals surface area contributed by atoms with Crippen molar-refractivity contribution in [3.63, 3.8) is 0 Å². The molecular weight excluding hydrogens is 294 g/mol. The van der Waals surface area contributed by atoms with Crippen LogP contribution in [-0.2, 0) is 16.0 Å². The Balaban J connectivity index is 1.75. The van der Waals surface area contributed by atoms with Gasteiger partial charge in [-0.2, -0.15) is 0 Å². The molecule has 1 fully saturated rings. The third-order valence-corrected chi connectivity index (χ3v) is 3.91. The SMILES string of the molecule is CN(C)C(=O)CCc1ccc(NC(=O)NCC2(C)COC2)cc1. The minimum atomic E-state index is -0.214. The van der Waals surface area contributed by atoms with Crippen LogP contribution in [0.5, 0.6) is 0 Å². The molecule has 1 saturated heterocycles. The molecule has 1 heterocycles. The third kappa shape index (κ3) is 5.25. The summed E-state index contributed by atoms with van der Waals surface area (Å²) >= 11 is 0. The van der Waals surface area contributed by atoms with Crippen molar-refractivity contribution in [3.05, 3.63) is 29.8 Å². The lowest BCUT2D eigenvalue weighted by atomic mass is 9.89. The van der Waals surface area contributed by atoms with Gasteiger partial charge in [0.05, 0.1) is 13.2 Å². The molecule has 0 unspecified atom stereocenters. The van der Waals surface area contributed by atoms with Crippen molar-refractivity contribution in [2.75, 3.05) is 39.2 Å². The average Bonchev–Trinajstić information content (AvgIpc) is 2.50. The van der Waals surface area contributed by atoms with Crippen LogP contribution in [0, 0.1) is 5.41 Å². The lowest BCUT2D eigenvalue weighted by molar-refractivity contribution is -0.128. The number of nitrogens with one attached hydrogen (secondary N) is 2. The van der Waals surface area contributed by atoms with Crippen LogP contribution in [0.25, 0.3) is 0 Å². The van der Waals surface area contributed by atoms with Crippen LogP contribution in [0.15, 0.2) is 24.3 Å². The summed E-state index contributed by atoms with van der Waals surface area (Å²) in [6.45, 7) is 4.06. The summed E-state index contributed by atoms with van der Waals surface area (Å²) in [5.74, 6) is 0.111. The lowest BCUT2D eigenvalue weighted by Crippen LogP contribution is -2.49. The van der Waals surface area contributed by atoms with E-state index in [1.54, 1.807) is 19.0 Å². The Morgan fingerprint density at radius 1 is 1.22 bits per heavy atom. The predicted octanol–water partition coefficient (Wildman–Crippen LogP) is 1.87. The highest BCUT2D eigenvalue weighted by Crippen LogP contribution is 2.25. The molecule has 3 amide bonds. The van der Waals surface area contributed by atoms with E-state index in [2.05, 4.69) is 17.6 Å². The molecule has 6 nitrogen and oxygen atoms in total. The van der Waals surface area contributed by atoms with Crippen LogP contribution in [0.2, 0.25) is 0 Å². The van der Waals surface area contributed by atoms with Crippen molar-refractivity contribution >= 4 is 17.6 Å². The van der Waals surface area contributed by atoms with Crippen molar-refractivity contribution in [1.29, 1.82) is 0 Å². The minimum Gasteiger partial charge on any atom is -0.380 e. The molecule has 0 atom stereocenters. The molecule has 1 aliphatic heterocycles. The van der Waals surface area contributed by atoms with Crippen LogP contribution in [0.4, 0.5) is 10.5 Å². The second kappa shape index (κ2) is 7.46. The maximum atomic E-state index is 11.9. The first-order valence-electron chi connectivity index (χ1n) is 7.80. The fraction of sp³-hybridized carbons (Fsp3) is 0.529. The van der Waals surface area contributed by atoms with Gasteiger partial charge in [-0.05, 0) is 24.1 Å². The normalized spacial score (nSPS) is 15.4. The van der Waals surface area contributed by atoms with Gasteiger partial charge in [0.25, 0.3) is 0 Å². The Morgan fingerprint density at radius 3 is 2.39 bits per heavy atom. The number of ether oxygens (including phenoxy) is 1. The number of carbonyl (C=O) groups is 2. The van der Waals surface area contributed by atoms with Crippen LogP contribution < -0.4 is 10.6 Å². The Labute approximate surface area is 137 Å². The number of hydrogen-bond acceptors (Lipinski definition) is 3. The number of nitrogens with zero attached hydrogens (tertiary/aromatic N) is 1. The molecule has 2 N–H and O–H groups in total. The van der Waals surface area contributed by atoms with Crippen molar-refractivity contribution < 1.29 is 14.3 Å². The van der Waals surface area contributed by atoms with E-state index in [4.69, 9.17) is 4.74 Å². The summed E-state index contributed by atoms with van der Waals surface area (Å²) in [5, 5.41) is 5.67.